The first-order chi connectivity index (χ1) is 12.4. The van der Waals surface area contributed by atoms with Crippen molar-refractivity contribution < 1.29 is 13.6 Å². The number of nitrogens with zero attached hydrogens (tertiary/aromatic N) is 2. The second kappa shape index (κ2) is 7.12. The van der Waals surface area contributed by atoms with Crippen LogP contribution in [0.25, 0.3) is 10.9 Å². The summed E-state index contributed by atoms with van der Waals surface area (Å²) >= 11 is 0. The van der Waals surface area contributed by atoms with Crippen molar-refractivity contribution in [2.75, 3.05) is 7.05 Å². The second-order valence-corrected chi connectivity index (χ2v) is 6.26. The topological polar surface area (TPSA) is 25.2 Å². The van der Waals surface area contributed by atoms with E-state index in [0.29, 0.717) is 12.1 Å². The molecule has 0 aliphatic heterocycles. The van der Waals surface area contributed by atoms with Crippen LogP contribution in [0.2, 0.25) is 0 Å². The zero-order valence-corrected chi connectivity index (χ0v) is 14.7. The number of halogens is 2. The van der Waals surface area contributed by atoms with Gasteiger partial charge in [-0.2, -0.15) is 0 Å². The molecule has 1 unspecified atom stereocenters. The van der Waals surface area contributed by atoms with Crippen LogP contribution in [0.4, 0.5) is 8.78 Å². The summed E-state index contributed by atoms with van der Waals surface area (Å²) in [4.78, 5) is 14.5. The minimum absolute atomic E-state index is 0.149. The number of aromatic nitrogens is 1. The van der Waals surface area contributed by atoms with Crippen molar-refractivity contribution >= 4 is 16.8 Å². The molecule has 0 spiro atoms. The number of hydrogen-bond acceptors (Lipinski definition) is 1. The van der Waals surface area contributed by atoms with E-state index in [4.69, 9.17) is 0 Å². The highest BCUT2D eigenvalue weighted by Crippen LogP contribution is 2.27. The molecule has 1 aromatic heterocycles. The van der Waals surface area contributed by atoms with Gasteiger partial charge in [0, 0.05) is 36.3 Å². The summed E-state index contributed by atoms with van der Waals surface area (Å²) < 4.78 is 29.5. The molecule has 3 aromatic rings. The van der Waals surface area contributed by atoms with Crippen LogP contribution in [0, 0.1) is 11.6 Å². The van der Waals surface area contributed by atoms with E-state index in [2.05, 4.69) is 6.58 Å². The number of rotatable bonds is 5. The van der Waals surface area contributed by atoms with Crippen molar-refractivity contribution in [2.45, 2.75) is 19.5 Å². The van der Waals surface area contributed by atoms with Crippen molar-refractivity contribution in [3.8, 4) is 0 Å². The van der Waals surface area contributed by atoms with E-state index in [9.17, 15) is 13.6 Å². The monoisotopic (exact) mass is 354 g/mol. The number of benzene rings is 2. The average Bonchev–Trinajstić information content (AvgIpc) is 3.01. The second-order valence-electron chi connectivity index (χ2n) is 6.26. The lowest BCUT2D eigenvalue weighted by molar-refractivity contribution is 0.0742. The van der Waals surface area contributed by atoms with E-state index >= 15 is 0 Å². The SMILES string of the molecule is C=CCn1cc(C(=O)N(C)C(C)c2cc(F)ccc2F)c2ccccc21. The first kappa shape index (κ1) is 17.9. The maximum absolute atomic E-state index is 14.1. The Bertz CT molecular complexity index is 977. The fourth-order valence-corrected chi connectivity index (χ4v) is 3.12. The lowest BCUT2D eigenvalue weighted by Crippen LogP contribution is -2.30. The van der Waals surface area contributed by atoms with Gasteiger partial charge in [0.25, 0.3) is 5.91 Å². The standard InChI is InChI=1S/C21H20F2N2O/c1-4-11-25-13-18(16-7-5-6-8-20(16)25)21(26)24(3)14(2)17-12-15(22)9-10-19(17)23/h4-10,12-14H,1,11H2,2-3H3. The van der Waals surface area contributed by atoms with Gasteiger partial charge < -0.3 is 9.47 Å². The van der Waals surface area contributed by atoms with Crippen LogP contribution in [-0.4, -0.2) is 22.4 Å². The molecule has 0 saturated heterocycles. The Hall–Kier alpha value is -2.95. The first-order valence-electron chi connectivity index (χ1n) is 8.35. The third kappa shape index (κ3) is 3.12. The Morgan fingerprint density at radius 1 is 1.27 bits per heavy atom. The maximum Gasteiger partial charge on any atom is 0.256 e. The highest BCUT2D eigenvalue weighted by molar-refractivity contribution is 6.07. The third-order valence-corrected chi connectivity index (χ3v) is 4.65. The lowest BCUT2D eigenvalue weighted by atomic mass is 10.0. The largest absolute Gasteiger partial charge is 0.343 e. The minimum atomic E-state index is -0.611. The normalized spacial score (nSPS) is 12.2. The molecule has 3 rings (SSSR count). The number of carbonyl (C=O) groups is 1. The summed E-state index contributed by atoms with van der Waals surface area (Å²) in [5.74, 6) is -1.32. The van der Waals surface area contributed by atoms with Crippen LogP contribution in [0.5, 0.6) is 0 Å². The lowest BCUT2D eigenvalue weighted by Gasteiger charge is -2.25. The number of para-hydroxylation sites is 1. The maximum atomic E-state index is 14.1. The van der Waals surface area contributed by atoms with E-state index in [1.807, 2.05) is 28.8 Å². The predicted molar refractivity (Wildman–Crippen MR) is 99.0 cm³/mol. The number of hydrogen-bond donors (Lipinski definition) is 0. The Kier molecular flexibility index (Phi) is 4.89. The van der Waals surface area contributed by atoms with Gasteiger partial charge in [0.2, 0.25) is 0 Å². The van der Waals surface area contributed by atoms with E-state index in [0.717, 1.165) is 29.1 Å². The summed E-state index contributed by atoms with van der Waals surface area (Å²) in [5.41, 5.74) is 1.60. The molecule has 1 atom stereocenters. The molecule has 3 nitrogen and oxygen atoms in total. The van der Waals surface area contributed by atoms with Gasteiger partial charge in [0.1, 0.15) is 11.6 Å². The Balaban J connectivity index is 1.99. The van der Waals surface area contributed by atoms with Gasteiger partial charge in [-0.1, -0.05) is 24.3 Å². The molecule has 5 heteroatoms. The van der Waals surface area contributed by atoms with Gasteiger partial charge >= 0.3 is 0 Å². The minimum Gasteiger partial charge on any atom is -0.343 e. The summed E-state index contributed by atoms with van der Waals surface area (Å²) in [7, 11) is 1.59. The molecule has 1 amide bonds. The van der Waals surface area contributed by atoms with Gasteiger partial charge in [-0.15, -0.1) is 6.58 Å². The van der Waals surface area contributed by atoms with E-state index in [-0.39, 0.29) is 11.5 Å². The van der Waals surface area contributed by atoms with Crippen LogP contribution in [-0.2, 0) is 6.54 Å². The van der Waals surface area contributed by atoms with E-state index in [1.54, 1.807) is 26.2 Å². The smallest absolute Gasteiger partial charge is 0.256 e. The van der Waals surface area contributed by atoms with Crippen LogP contribution in [0.1, 0.15) is 28.9 Å². The molecular formula is C21H20F2N2O. The molecule has 0 fully saturated rings. The molecule has 0 aliphatic rings. The summed E-state index contributed by atoms with van der Waals surface area (Å²) in [6, 6.07) is 10.3. The number of amides is 1. The highest BCUT2D eigenvalue weighted by Gasteiger charge is 2.24. The van der Waals surface area contributed by atoms with Crippen LogP contribution >= 0.6 is 0 Å². The average molecular weight is 354 g/mol. The molecule has 134 valence electrons. The Morgan fingerprint density at radius 2 is 2.00 bits per heavy atom. The third-order valence-electron chi connectivity index (χ3n) is 4.65. The van der Waals surface area contributed by atoms with Crippen LogP contribution < -0.4 is 0 Å². The molecular weight excluding hydrogens is 334 g/mol. The summed E-state index contributed by atoms with van der Waals surface area (Å²) in [6.07, 6.45) is 3.54. The van der Waals surface area contributed by atoms with Crippen molar-refractivity contribution in [3.63, 3.8) is 0 Å². The fourth-order valence-electron chi connectivity index (χ4n) is 3.12. The first-order valence-corrected chi connectivity index (χ1v) is 8.35. The van der Waals surface area contributed by atoms with Crippen molar-refractivity contribution in [2.24, 2.45) is 0 Å². The summed E-state index contributed by atoms with van der Waals surface area (Å²) in [5, 5.41) is 0.818. The van der Waals surface area contributed by atoms with Gasteiger partial charge in [-0.05, 0) is 31.2 Å². The van der Waals surface area contributed by atoms with Gasteiger partial charge in [-0.25, -0.2) is 8.78 Å². The summed E-state index contributed by atoms with van der Waals surface area (Å²) in [6.45, 7) is 6.00. The number of fused-ring (bicyclic) bond motifs is 1. The molecule has 0 radical (unpaired) electrons. The van der Waals surface area contributed by atoms with Crippen molar-refractivity contribution in [1.82, 2.24) is 9.47 Å². The van der Waals surface area contributed by atoms with Crippen LogP contribution in [0.3, 0.4) is 0 Å². The molecule has 0 N–H and O–H groups in total. The fraction of sp³-hybridized carbons (Fsp3) is 0.190. The van der Waals surface area contributed by atoms with Gasteiger partial charge in [0.05, 0.1) is 11.6 Å². The van der Waals surface area contributed by atoms with Crippen molar-refractivity contribution in [1.29, 1.82) is 0 Å². The highest BCUT2D eigenvalue weighted by atomic mass is 19.1. The molecule has 26 heavy (non-hydrogen) atoms. The predicted octanol–water partition coefficient (Wildman–Crippen LogP) is 4.94. The zero-order valence-electron chi connectivity index (χ0n) is 14.7. The molecule has 1 heterocycles. The number of carbonyl (C=O) groups excluding carboxylic acids is 1. The Labute approximate surface area is 151 Å². The van der Waals surface area contributed by atoms with Gasteiger partial charge in [-0.3, -0.25) is 4.79 Å². The molecule has 0 aliphatic carbocycles. The van der Waals surface area contributed by atoms with Gasteiger partial charge in [0.15, 0.2) is 0 Å². The van der Waals surface area contributed by atoms with Crippen molar-refractivity contribution in [3.05, 3.63) is 84.1 Å². The van der Waals surface area contributed by atoms with E-state index in [1.165, 1.54) is 4.90 Å². The Morgan fingerprint density at radius 3 is 2.73 bits per heavy atom. The quantitative estimate of drug-likeness (QED) is 0.596. The number of allylic oxidation sites excluding steroid dienone is 1. The molecule has 0 saturated carbocycles. The van der Waals surface area contributed by atoms with Crippen LogP contribution in [0.15, 0.2) is 61.3 Å². The molecule has 0 bridgehead atoms. The van der Waals surface area contributed by atoms with E-state index < -0.39 is 17.7 Å². The molecule has 2 aromatic carbocycles. The zero-order chi connectivity index (χ0) is 18.8.